The average molecular weight is 355 g/mol. The molecule has 0 radical (unpaired) electrons. The van der Waals surface area contributed by atoms with Crippen molar-refractivity contribution in [1.82, 2.24) is 0 Å². The molecule has 0 atom stereocenters. The molecule has 2 aromatic carbocycles. The number of carbonyl (C=O) groups is 1. The number of rotatable bonds is 4. The first-order valence-corrected chi connectivity index (χ1v) is 7.27. The van der Waals surface area contributed by atoms with Crippen LogP contribution < -0.4 is 10.1 Å². The predicted molar refractivity (Wildman–Crippen MR) is 84.7 cm³/mol. The van der Waals surface area contributed by atoms with Crippen LogP contribution in [0.15, 0.2) is 46.9 Å². The molecule has 20 heavy (non-hydrogen) atoms. The van der Waals surface area contributed by atoms with Crippen LogP contribution in [0, 0.1) is 0 Å². The van der Waals surface area contributed by atoms with Crippen LogP contribution in [-0.2, 0) is 0 Å². The monoisotopic (exact) mass is 353 g/mol. The topological polar surface area (TPSA) is 38.3 Å². The van der Waals surface area contributed by atoms with Crippen LogP contribution in [0.5, 0.6) is 5.75 Å². The molecule has 0 aliphatic heterocycles. The molecule has 0 unspecified atom stereocenters. The predicted octanol–water partition coefficient (Wildman–Crippen LogP) is 4.75. The van der Waals surface area contributed by atoms with E-state index < -0.39 is 0 Å². The standard InChI is InChI=1S/C15H13BrClNO2/c1-2-20-14-8-7-10(17)9-13(14)18-15(19)11-5-3-4-6-12(11)16/h3-9H,2H2,1H3,(H,18,19). The summed E-state index contributed by atoms with van der Waals surface area (Å²) in [5.74, 6) is 0.373. The zero-order valence-electron chi connectivity index (χ0n) is 10.8. The SMILES string of the molecule is CCOc1ccc(Cl)cc1NC(=O)c1ccccc1Br. The molecular weight excluding hydrogens is 342 g/mol. The number of halogens is 2. The highest BCUT2D eigenvalue weighted by Gasteiger charge is 2.12. The van der Waals surface area contributed by atoms with E-state index in [1.165, 1.54) is 0 Å². The smallest absolute Gasteiger partial charge is 0.256 e. The van der Waals surface area contributed by atoms with Gasteiger partial charge < -0.3 is 10.1 Å². The van der Waals surface area contributed by atoms with E-state index in [1.807, 2.05) is 19.1 Å². The van der Waals surface area contributed by atoms with E-state index in [0.717, 1.165) is 4.47 Å². The molecule has 3 nitrogen and oxygen atoms in total. The highest BCUT2D eigenvalue weighted by atomic mass is 79.9. The minimum absolute atomic E-state index is 0.222. The van der Waals surface area contributed by atoms with E-state index in [1.54, 1.807) is 30.3 Å². The fourth-order valence-corrected chi connectivity index (χ4v) is 2.35. The Bertz CT molecular complexity index is 631. The van der Waals surface area contributed by atoms with Crippen LogP contribution in [0.25, 0.3) is 0 Å². The molecule has 0 saturated heterocycles. The van der Waals surface area contributed by atoms with Crippen molar-refractivity contribution in [3.63, 3.8) is 0 Å². The molecule has 0 aliphatic carbocycles. The van der Waals surface area contributed by atoms with Crippen LogP contribution in [0.1, 0.15) is 17.3 Å². The highest BCUT2D eigenvalue weighted by Crippen LogP contribution is 2.29. The third-order valence-electron chi connectivity index (χ3n) is 2.61. The van der Waals surface area contributed by atoms with E-state index in [2.05, 4.69) is 21.2 Å². The molecular formula is C15H13BrClNO2. The van der Waals surface area contributed by atoms with E-state index in [4.69, 9.17) is 16.3 Å². The number of hydrogen-bond donors (Lipinski definition) is 1. The van der Waals surface area contributed by atoms with Gasteiger partial charge in [-0.15, -0.1) is 0 Å². The van der Waals surface area contributed by atoms with Gasteiger partial charge >= 0.3 is 0 Å². The van der Waals surface area contributed by atoms with Gasteiger partial charge in [0, 0.05) is 9.50 Å². The molecule has 0 saturated carbocycles. The highest BCUT2D eigenvalue weighted by molar-refractivity contribution is 9.10. The summed E-state index contributed by atoms with van der Waals surface area (Å²) < 4.78 is 6.21. The Balaban J connectivity index is 2.27. The van der Waals surface area contributed by atoms with Crippen LogP contribution in [0.4, 0.5) is 5.69 Å². The van der Waals surface area contributed by atoms with E-state index in [0.29, 0.717) is 28.6 Å². The average Bonchev–Trinajstić information content (AvgIpc) is 2.42. The first-order valence-electron chi connectivity index (χ1n) is 6.10. The second-order valence-electron chi connectivity index (χ2n) is 4.01. The summed E-state index contributed by atoms with van der Waals surface area (Å²) >= 11 is 9.32. The lowest BCUT2D eigenvalue weighted by molar-refractivity contribution is 0.102. The van der Waals surface area contributed by atoms with Crippen molar-refractivity contribution in [2.24, 2.45) is 0 Å². The van der Waals surface area contributed by atoms with Crippen molar-refractivity contribution in [3.05, 3.63) is 57.5 Å². The number of hydrogen-bond acceptors (Lipinski definition) is 2. The van der Waals surface area contributed by atoms with Gasteiger partial charge in [-0.25, -0.2) is 0 Å². The van der Waals surface area contributed by atoms with Crippen molar-refractivity contribution in [3.8, 4) is 5.75 Å². The first kappa shape index (κ1) is 14.9. The Hall–Kier alpha value is -1.52. The minimum atomic E-state index is -0.222. The maximum Gasteiger partial charge on any atom is 0.256 e. The zero-order chi connectivity index (χ0) is 14.5. The summed E-state index contributed by atoms with van der Waals surface area (Å²) in [6.45, 7) is 2.40. The maximum absolute atomic E-state index is 12.3. The van der Waals surface area contributed by atoms with Gasteiger partial charge in [-0.1, -0.05) is 23.7 Å². The molecule has 2 aromatic rings. The van der Waals surface area contributed by atoms with Crippen LogP contribution in [0.3, 0.4) is 0 Å². The Morgan fingerprint density at radius 1 is 1.30 bits per heavy atom. The fourth-order valence-electron chi connectivity index (χ4n) is 1.72. The van der Waals surface area contributed by atoms with E-state index in [-0.39, 0.29) is 5.91 Å². The normalized spacial score (nSPS) is 10.2. The second kappa shape index (κ2) is 6.77. The number of anilines is 1. The van der Waals surface area contributed by atoms with Crippen molar-refractivity contribution >= 4 is 39.1 Å². The van der Waals surface area contributed by atoms with Crippen molar-refractivity contribution in [2.45, 2.75) is 6.92 Å². The molecule has 0 aromatic heterocycles. The number of benzene rings is 2. The zero-order valence-corrected chi connectivity index (χ0v) is 13.2. The molecule has 0 fully saturated rings. The Morgan fingerprint density at radius 3 is 2.75 bits per heavy atom. The molecule has 5 heteroatoms. The Morgan fingerprint density at radius 2 is 2.05 bits per heavy atom. The third-order valence-corrected chi connectivity index (χ3v) is 3.53. The molecule has 104 valence electrons. The van der Waals surface area contributed by atoms with Gasteiger partial charge in [-0.05, 0) is 53.2 Å². The quantitative estimate of drug-likeness (QED) is 0.860. The Kier molecular flexibility index (Phi) is 5.04. The van der Waals surface area contributed by atoms with Crippen LogP contribution in [-0.4, -0.2) is 12.5 Å². The number of ether oxygens (including phenoxy) is 1. The lowest BCUT2D eigenvalue weighted by Crippen LogP contribution is -2.13. The molecule has 0 bridgehead atoms. The van der Waals surface area contributed by atoms with Crippen LogP contribution in [0.2, 0.25) is 5.02 Å². The van der Waals surface area contributed by atoms with E-state index >= 15 is 0 Å². The second-order valence-corrected chi connectivity index (χ2v) is 5.30. The van der Waals surface area contributed by atoms with Crippen molar-refractivity contribution in [1.29, 1.82) is 0 Å². The molecule has 2 rings (SSSR count). The molecule has 0 aliphatic rings. The van der Waals surface area contributed by atoms with Gasteiger partial charge in [-0.2, -0.15) is 0 Å². The van der Waals surface area contributed by atoms with Gasteiger partial charge in [0.2, 0.25) is 0 Å². The lowest BCUT2D eigenvalue weighted by Gasteiger charge is -2.12. The molecule has 0 spiro atoms. The summed E-state index contributed by atoms with van der Waals surface area (Å²) in [7, 11) is 0. The summed E-state index contributed by atoms with van der Waals surface area (Å²) in [5.41, 5.74) is 1.11. The number of amides is 1. The van der Waals surface area contributed by atoms with Crippen molar-refractivity contribution < 1.29 is 9.53 Å². The Labute approximate surface area is 131 Å². The van der Waals surface area contributed by atoms with Gasteiger partial charge in [0.1, 0.15) is 5.75 Å². The minimum Gasteiger partial charge on any atom is -0.492 e. The number of carbonyl (C=O) groups excluding carboxylic acids is 1. The summed E-state index contributed by atoms with van der Waals surface area (Å²) in [4.78, 5) is 12.3. The van der Waals surface area contributed by atoms with Gasteiger partial charge in [0.05, 0.1) is 17.9 Å². The number of nitrogens with one attached hydrogen (secondary N) is 1. The van der Waals surface area contributed by atoms with Gasteiger partial charge in [-0.3, -0.25) is 4.79 Å². The lowest BCUT2D eigenvalue weighted by atomic mass is 10.2. The summed E-state index contributed by atoms with van der Waals surface area (Å²) in [5, 5.41) is 3.35. The maximum atomic E-state index is 12.3. The first-order chi connectivity index (χ1) is 9.61. The van der Waals surface area contributed by atoms with Crippen LogP contribution >= 0.6 is 27.5 Å². The molecule has 1 amide bonds. The largest absolute Gasteiger partial charge is 0.492 e. The summed E-state index contributed by atoms with van der Waals surface area (Å²) in [6, 6.07) is 12.3. The molecule has 0 heterocycles. The third kappa shape index (κ3) is 3.52. The molecule has 1 N–H and O–H groups in total. The van der Waals surface area contributed by atoms with E-state index in [9.17, 15) is 4.79 Å². The van der Waals surface area contributed by atoms with Crippen molar-refractivity contribution in [2.75, 3.05) is 11.9 Å². The van der Waals surface area contributed by atoms with Gasteiger partial charge in [0.15, 0.2) is 0 Å². The summed E-state index contributed by atoms with van der Waals surface area (Å²) in [6.07, 6.45) is 0. The fraction of sp³-hybridized carbons (Fsp3) is 0.133. The van der Waals surface area contributed by atoms with Gasteiger partial charge in [0.25, 0.3) is 5.91 Å².